The van der Waals surface area contributed by atoms with Crippen LogP contribution in [0.25, 0.3) is 0 Å². The number of ether oxygens (including phenoxy) is 3. The van der Waals surface area contributed by atoms with E-state index in [4.69, 9.17) is 14.2 Å². The van der Waals surface area contributed by atoms with Crippen LogP contribution in [0.2, 0.25) is 0 Å². The van der Waals surface area contributed by atoms with Crippen LogP contribution in [0.5, 0.6) is 11.5 Å². The van der Waals surface area contributed by atoms with Gasteiger partial charge in [-0.3, -0.25) is 0 Å². The van der Waals surface area contributed by atoms with E-state index in [-0.39, 0.29) is 5.97 Å². The minimum atomic E-state index is -0.366. The summed E-state index contributed by atoms with van der Waals surface area (Å²) in [5, 5.41) is 0. The molecule has 0 saturated carbocycles. The van der Waals surface area contributed by atoms with Crippen LogP contribution in [0.15, 0.2) is 60.3 Å². The molecule has 3 rings (SSSR count). The maximum atomic E-state index is 11.8. The Hall–Kier alpha value is -3.15. The van der Waals surface area contributed by atoms with Crippen molar-refractivity contribution in [3.8, 4) is 11.5 Å². The number of hydrogen-bond acceptors (Lipinski definition) is 6. The van der Waals surface area contributed by atoms with Crippen LogP contribution in [0.4, 0.5) is 11.4 Å². The lowest BCUT2D eigenvalue weighted by Gasteiger charge is -2.21. The minimum absolute atomic E-state index is 0.366. The van der Waals surface area contributed by atoms with Crippen molar-refractivity contribution in [2.75, 3.05) is 44.3 Å². The molecule has 6 heteroatoms. The molecule has 136 valence electrons. The fourth-order valence-corrected chi connectivity index (χ4v) is 2.89. The third kappa shape index (κ3) is 3.74. The van der Waals surface area contributed by atoms with E-state index in [1.165, 1.54) is 13.2 Å². The molecule has 0 unspecified atom stereocenters. The molecule has 26 heavy (non-hydrogen) atoms. The molecule has 1 heterocycles. The van der Waals surface area contributed by atoms with Crippen molar-refractivity contribution in [2.24, 2.45) is 0 Å². The normalized spacial score (nSPS) is 15.3. The summed E-state index contributed by atoms with van der Waals surface area (Å²) in [5.41, 5.74) is 2.91. The molecule has 1 saturated heterocycles. The third-order valence-electron chi connectivity index (χ3n) is 4.32. The Morgan fingerprint density at radius 2 is 1.42 bits per heavy atom. The van der Waals surface area contributed by atoms with Crippen LogP contribution in [-0.4, -0.2) is 40.5 Å². The first-order chi connectivity index (χ1) is 12.6. The number of carbonyl (C=O) groups excluding carboxylic acids is 1. The largest absolute Gasteiger partial charge is 0.497 e. The lowest BCUT2D eigenvalue weighted by atomic mass is 10.2. The number of nitrogens with zero attached hydrogens (tertiary/aromatic N) is 2. The van der Waals surface area contributed by atoms with Crippen LogP contribution in [-0.2, 0) is 9.53 Å². The first-order valence-corrected chi connectivity index (χ1v) is 8.23. The van der Waals surface area contributed by atoms with E-state index >= 15 is 0 Å². The van der Waals surface area contributed by atoms with Gasteiger partial charge in [-0.1, -0.05) is 0 Å². The summed E-state index contributed by atoms with van der Waals surface area (Å²) in [6.07, 6.45) is 1.54. The molecule has 0 aromatic heterocycles. The van der Waals surface area contributed by atoms with Gasteiger partial charge < -0.3 is 24.0 Å². The van der Waals surface area contributed by atoms with Crippen molar-refractivity contribution in [3.05, 3.63) is 60.3 Å². The first-order valence-electron chi connectivity index (χ1n) is 8.23. The highest BCUT2D eigenvalue weighted by molar-refractivity contribution is 5.84. The summed E-state index contributed by atoms with van der Waals surface area (Å²) < 4.78 is 15.2. The molecule has 0 spiro atoms. The summed E-state index contributed by atoms with van der Waals surface area (Å²) in [6, 6.07) is 15.6. The van der Waals surface area contributed by atoms with Crippen LogP contribution >= 0.6 is 0 Å². The average molecular weight is 354 g/mol. The van der Waals surface area contributed by atoms with Crippen LogP contribution in [0, 0.1) is 0 Å². The van der Waals surface area contributed by atoms with Gasteiger partial charge in [-0.05, 0) is 48.5 Å². The lowest BCUT2D eigenvalue weighted by Crippen LogP contribution is -2.24. The van der Waals surface area contributed by atoms with Gasteiger partial charge in [-0.25, -0.2) is 4.79 Å². The molecule has 2 aromatic carbocycles. The Balaban J connectivity index is 1.89. The Bertz CT molecular complexity index is 784. The highest BCUT2D eigenvalue weighted by Gasteiger charge is 2.26. The van der Waals surface area contributed by atoms with E-state index in [1.54, 1.807) is 14.2 Å². The molecular formula is C20H22N2O4. The second kappa shape index (κ2) is 7.82. The van der Waals surface area contributed by atoms with Gasteiger partial charge in [0.25, 0.3) is 0 Å². The van der Waals surface area contributed by atoms with Gasteiger partial charge in [0.05, 0.1) is 34.5 Å². The van der Waals surface area contributed by atoms with Crippen molar-refractivity contribution >= 4 is 17.3 Å². The summed E-state index contributed by atoms with van der Waals surface area (Å²) in [4.78, 5) is 16.1. The average Bonchev–Trinajstić information content (AvgIpc) is 3.11. The molecule has 1 aliphatic heterocycles. The second-order valence-corrected chi connectivity index (χ2v) is 5.82. The van der Waals surface area contributed by atoms with Crippen molar-refractivity contribution in [1.82, 2.24) is 0 Å². The molecular weight excluding hydrogens is 332 g/mol. The quantitative estimate of drug-likeness (QED) is 0.608. The maximum absolute atomic E-state index is 11.8. The number of esters is 1. The molecule has 0 radical (unpaired) electrons. The van der Waals surface area contributed by atoms with Crippen molar-refractivity contribution < 1.29 is 19.0 Å². The first kappa shape index (κ1) is 17.7. The monoisotopic (exact) mass is 354 g/mol. The number of anilines is 2. The molecule has 1 aliphatic rings. The summed E-state index contributed by atoms with van der Waals surface area (Å²) >= 11 is 0. The van der Waals surface area contributed by atoms with Gasteiger partial charge in [0, 0.05) is 23.1 Å². The zero-order valence-electron chi connectivity index (χ0n) is 15.1. The SMILES string of the molecule is COC(=O)/C=C1\CN(c2ccc(OC)cc2)CN1c1ccc(OC)cc1. The van der Waals surface area contributed by atoms with Gasteiger partial charge in [0.15, 0.2) is 0 Å². The van der Waals surface area contributed by atoms with E-state index in [0.29, 0.717) is 13.2 Å². The fourth-order valence-electron chi connectivity index (χ4n) is 2.89. The Labute approximate surface area is 153 Å². The Morgan fingerprint density at radius 1 is 0.885 bits per heavy atom. The Kier molecular flexibility index (Phi) is 5.31. The molecule has 2 aromatic rings. The summed E-state index contributed by atoms with van der Waals surface area (Å²) in [7, 11) is 4.67. The zero-order valence-corrected chi connectivity index (χ0v) is 15.1. The topological polar surface area (TPSA) is 51.2 Å². The van der Waals surface area contributed by atoms with Gasteiger partial charge in [0.2, 0.25) is 0 Å². The molecule has 6 nitrogen and oxygen atoms in total. The van der Waals surface area contributed by atoms with Crippen LogP contribution < -0.4 is 19.3 Å². The molecule has 0 bridgehead atoms. The minimum Gasteiger partial charge on any atom is -0.497 e. The van der Waals surface area contributed by atoms with E-state index in [2.05, 4.69) is 9.80 Å². The predicted octanol–water partition coefficient (Wildman–Crippen LogP) is 3.04. The number of hydrogen-bond donors (Lipinski definition) is 0. The van der Waals surface area contributed by atoms with Crippen LogP contribution in [0.3, 0.4) is 0 Å². The van der Waals surface area contributed by atoms with E-state index in [0.717, 1.165) is 28.6 Å². The third-order valence-corrected chi connectivity index (χ3v) is 4.32. The standard InChI is InChI=1S/C20H22N2O4/c1-24-18-8-4-15(5-9-18)21-13-17(12-20(23)26-3)22(14-21)16-6-10-19(25-2)11-7-16/h4-12H,13-14H2,1-3H3/b17-12+. The van der Waals surface area contributed by atoms with E-state index in [9.17, 15) is 4.79 Å². The lowest BCUT2D eigenvalue weighted by molar-refractivity contribution is -0.134. The predicted molar refractivity (Wildman–Crippen MR) is 101 cm³/mol. The highest BCUT2D eigenvalue weighted by atomic mass is 16.5. The van der Waals surface area contributed by atoms with E-state index in [1.807, 2.05) is 48.5 Å². The molecule has 1 fully saturated rings. The second-order valence-electron chi connectivity index (χ2n) is 5.82. The highest BCUT2D eigenvalue weighted by Crippen LogP contribution is 2.31. The van der Waals surface area contributed by atoms with Crippen molar-refractivity contribution in [2.45, 2.75) is 0 Å². The smallest absolute Gasteiger partial charge is 0.332 e. The van der Waals surface area contributed by atoms with Crippen molar-refractivity contribution in [3.63, 3.8) is 0 Å². The molecule has 0 N–H and O–H groups in total. The number of benzene rings is 2. The summed E-state index contributed by atoms with van der Waals surface area (Å²) in [5.74, 6) is 1.24. The number of rotatable bonds is 5. The maximum Gasteiger partial charge on any atom is 0.332 e. The molecule has 0 amide bonds. The number of methoxy groups -OCH3 is 3. The molecule has 0 atom stereocenters. The molecule has 0 aliphatic carbocycles. The van der Waals surface area contributed by atoms with E-state index < -0.39 is 0 Å². The number of carbonyl (C=O) groups is 1. The van der Waals surface area contributed by atoms with Gasteiger partial charge >= 0.3 is 5.97 Å². The fraction of sp³-hybridized carbons (Fsp3) is 0.250. The van der Waals surface area contributed by atoms with Gasteiger partial charge in [-0.2, -0.15) is 0 Å². The van der Waals surface area contributed by atoms with Gasteiger partial charge in [0.1, 0.15) is 11.5 Å². The van der Waals surface area contributed by atoms with Gasteiger partial charge in [-0.15, -0.1) is 0 Å². The Morgan fingerprint density at radius 3 is 1.92 bits per heavy atom. The van der Waals surface area contributed by atoms with Crippen molar-refractivity contribution in [1.29, 1.82) is 0 Å². The van der Waals surface area contributed by atoms with Crippen LogP contribution in [0.1, 0.15) is 0 Å². The zero-order chi connectivity index (χ0) is 18.5. The summed E-state index contributed by atoms with van der Waals surface area (Å²) in [6.45, 7) is 1.23.